The first-order valence-corrected chi connectivity index (χ1v) is 16.3. The fourth-order valence-electron chi connectivity index (χ4n) is 6.73. The topological polar surface area (TPSA) is 138 Å². The van der Waals surface area contributed by atoms with Gasteiger partial charge in [0, 0.05) is 55.5 Å². The average Bonchev–Trinajstić information content (AvgIpc) is 3.09. The minimum Gasteiger partial charge on any atom is -0.460 e. The molecule has 5 aromatic carbocycles. The quantitative estimate of drug-likeness (QED) is 0.0954. The van der Waals surface area contributed by atoms with Crippen molar-refractivity contribution >= 4 is 64.6 Å². The fourth-order valence-corrected chi connectivity index (χ4v) is 6.73. The second-order valence-electron chi connectivity index (χ2n) is 12.4. The van der Waals surface area contributed by atoms with E-state index in [0.29, 0.717) is 32.8 Å². The van der Waals surface area contributed by atoms with Crippen molar-refractivity contribution in [3.8, 4) is 11.5 Å². The first-order valence-electron chi connectivity index (χ1n) is 16.3. The van der Waals surface area contributed by atoms with Crippen LogP contribution in [0.1, 0.15) is 51.3 Å². The van der Waals surface area contributed by atoms with Crippen molar-refractivity contribution in [3.05, 3.63) is 108 Å². The fraction of sp³-hybridized carbons (Fsp3) is 0.237. The van der Waals surface area contributed by atoms with Gasteiger partial charge in [-0.25, -0.2) is 0 Å². The molecular formula is C38H36B2O10. The van der Waals surface area contributed by atoms with Crippen molar-refractivity contribution in [1.29, 1.82) is 0 Å². The molecule has 0 bridgehead atoms. The van der Waals surface area contributed by atoms with E-state index in [4.69, 9.17) is 23.5 Å². The smallest absolute Gasteiger partial charge is 0.460 e. The summed E-state index contributed by atoms with van der Waals surface area (Å²) in [6.45, 7) is 5.47. The number of esters is 3. The van der Waals surface area contributed by atoms with Gasteiger partial charge >= 0.3 is 32.1 Å². The molecule has 0 saturated carbocycles. The van der Waals surface area contributed by atoms with Crippen molar-refractivity contribution in [3.63, 3.8) is 0 Å². The second kappa shape index (κ2) is 14.5. The van der Waals surface area contributed by atoms with Gasteiger partial charge in [0.2, 0.25) is 0 Å². The highest BCUT2D eigenvalue weighted by Crippen LogP contribution is 2.53. The zero-order valence-corrected chi connectivity index (χ0v) is 28.1. The van der Waals surface area contributed by atoms with Crippen LogP contribution < -0.4 is 20.4 Å². The van der Waals surface area contributed by atoms with Crippen LogP contribution in [-0.2, 0) is 34.9 Å². The third-order valence-electron chi connectivity index (χ3n) is 8.93. The van der Waals surface area contributed by atoms with Crippen molar-refractivity contribution in [2.45, 2.75) is 58.3 Å². The van der Waals surface area contributed by atoms with Crippen LogP contribution in [0.2, 0.25) is 0 Å². The van der Waals surface area contributed by atoms with E-state index in [9.17, 15) is 24.4 Å². The molecule has 0 radical (unpaired) electrons. The van der Waals surface area contributed by atoms with E-state index in [1.54, 1.807) is 67.6 Å². The van der Waals surface area contributed by atoms with Crippen molar-refractivity contribution in [2.75, 3.05) is 0 Å². The summed E-state index contributed by atoms with van der Waals surface area (Å²) in [5.41, 5.74) is 0.0690. The lowest BCUT2D eigenvalue weighted by atomic mass is 9.70. The Kier molecular flexibility index (Phi) is 10.1. The minimum absolute atomic E-state index is 0.0817. The van der Waals surface area contributed by atoms with Gasteiger partial charge in [0.1, 0.15) is 17.6 Å². The Morgan fingerprint density at radius 2 is 1.22 bits per heavy atom. The summed E-state index contributed by atoms with van der Waals surface area (Å²) >= 11 is 0. The second-order valence-corrected chi connectivity index (χ2v) is 12.4. The highest BCUT2D eigenvalue weighted by Gasteiger charge is 2.51. The predicted molar refractivity (Wildman–Crippen MR) is 189 cm³/mol. The number of benzene rings is 5. The molecule has 50 heavy (non-hydrogen) atoms. The summed E-state index contributed by atoms with van der Waals surface area (Å²) in [6, 6.07) is 28.7. The van der Waals surface area contributed by atoms with Crippen molar-refractivity contribution in [1.82, 2.24) is 0 Å². The van der Waals surface area contributed by atoms with Crippen LogP contribution in [0.15, 0.2) is 97.1 Å². The van der Waals surface area contributed by atoms with Gasteiger partial charge in [-0.3, -0.25) is 14.4 Å². The molecule has 1 aliphatic carbocycles. The van der Waals surface area contributed by atoms with Crippen LogP contribution in [0.4, 0.5) is 0 Å². The van der Waals surface area contributed by atoms with E-state index in [0.717, 1.165) is 10.8 Å². The van der Waals surface area contributed by atoms with Gasteiger partial charge in [-0.2, -0.15) is 0 Å². The molecule has 0 aliphatic heterocycles. The van der Waals surface area contributed by atoms with E-state index < -0.39 is 50.0 Å². The van der Waals surface area contributed by atoms with Gasteiger partial charge in [-0.1, -0.05) is 84.9 Å². The van der Waals surface area contributed by atoms with Crippen molar-refractivity contribution < 1.29 is 48.0 Å². The molecule has 0 heterocycles. The molecule has 1 unspecified atom stereocenters. The lowest BCUT2D eigenvalue weighted by Crippen LogP contribution is -2.56. The molecule has 0 spiro atoms. The first-order chi connectivity index (χ1) is 24.0. The summed E-state index contributed by atoms with van der Waals surface area (Å²) in [6.07, 6.45) is -2.29. The van der Waals surface area contributed by atoms with Gasteiger partial charge in [-0.15, -0.1) is 0 Å². The van der Waals surface area contributed by atoms with Gasteiger partial charge in [0.25, 0.3) is 0 Å². The number of carbonyl (C=O) groups excluding carboxylic acids is 3. The molecule has 3 atom stereocenters. The van der Waals surface area contributed by atoms with Crippen molar-refractivity contribution in [2.24, 2.45) is 0 Å². The summed E-state index contributed by atoms with van der Waals surface area (Å²) < 4.78 is 30.7. The number of hydrogen-bond acceptors (Lipinski definition) is 10. The number of rotatable bonds is 10. The van der Waals surface area contributed by atoms with Gasteiger partial charge < -0.3 is 33.6 Å². The molecule has 5 aromatic rings. The molecule has 10 nitrogen and oxygen atoms in total. The lowest BCUT2D eigenvalue weighted by Gasteiger charge is -2.46. The summed E-state index contributed by atoms with van der Waals surface area (Å²) in [5, 5.41) is 25.6. The number of fused-ring (bicyclic) bond motifs is 3. The number of hydrogen-bond donors (Lipinski definition) is 2. The molecule has 12 heteroatoms. The summed E-state index contributed by atoms with van der Waals surface area (Å²) in [4.78, 5) is 38.0. The minimum atomic E-state index is -1.53. The maximum atomic E-state index is 12.8. The van der Waals surface area contributed by atoms with E-state index in [-0.39, 0.29) is 24.3 Å². The summed E-state index contributed by atoms with van der Waals surface area (Å²) in [5.74, 6) is -1.49. The molecule has 0 aromatic heterocycles. The highest BCUT2D eigenvalue weighted by atomic mass is 16.6. The Balaban J connectivity index is 1.66. The zero-order valence-electron chi connectivity index (χ0n) is 28.1. The largest absolute Gasteiger partial charge is 0.491 e. The molecule has 0 saturated heterocycles. The van der Waals surface area contributed by atoms with Crippen LogP contribution >= 0.6 is 0 Å². The Bertz CT molecular complexity index is 2060. The third kappa shape index (κ3) is 7.15. The van der Waals surface area contributed by atoms with E-state index in [2.05, 4.69) is 0 Å². The lowest BCUT2D eigenvalue weighted by molar-refractivity contribution is -0.163. The average molecular weight is 674 g/mol. The SMILES string of the molecule is CC(=O)Oc1c2c(c(OC(C)=O)c3cc4ccccc4cc13)[C@@H](OB(O)c1ccccc1)C[C@](OB(O)c1ccccc1)(C(C)OC(C)=O)C2. The molecule has 1 aliphatic rings. The maximum absolute atomic E-state index is 12.8. The van der Waals surface area contributed by atoms with Gasteiger partial charge in [-0.05, 0) is 40.8 Å². The van der Waals surface area contributed by atoms with Crippen LogP contribution in [0.5, 0.6) is 11.5 Å². The molecule has 0 fully saturated rings. The molecule has 254 valence electrons. The van der Waals surface area contributed by atoms with E-state index in [1.807, 2.05) is 36.4 Å². The summed E-state index contributed by atoms with van der Waals surface area (Å²) in [7, 11) is -2.95. The third-order valence-corrected chi connectivity index (χ3v) is 8.93. The molecule has 0 amide bonds. The standard InChI is InChI=1S/C38H36B2O10/c1-23(46-24(2)41)38(50-40(45)30-17-9-6-10-18-30)21-33-35(34(22-38)49-39(44)29-15-7-5-8-16-29)37(48-26(4)43)32-20-28-14-12-11-13-27(28)19-31(32)36(33)47-25(3)42/h5-20,23,34,44-45H,21-22H2,1-4H3/t23?,34-,38-/m0/s1. The monoisotopic (exact) mass is 674 g/mol. The zero-order chi connectivity index (χ0) is 35.6. The maximum Gasteiger partial charge on any atom is 0.491 e. The normalized spacial score (nSPS) is 17.4. The molecule has 6 rings (SSSR count). The van der Waals surface area contributed by atoms with Crippen LogP contribution in [0.3, 0.4) is 0 Å². The Morgan fingerprint density at radius 1 is 0.720 bits per heavy atom. The number of ether oxygens (including phenoxy) is 3. The van der Waals surface area contributed by atoms with Gasteiger partial charge in [0.15, 0.2) is 0 Å². The van der Waals surface area contributed by atoms with E-state index in [1.165, 1.54) is 20.8 Å². The Labute approximate surface area is 290 Å². The molecular weight excluding hydrogens is 638 g/mol. The van der Waals surface area contributed by atoms with E-state index >= 15 is 0 Å². The first kappa shape index (κ1) is 34.8. The van der Waals surface area contributed by atoms with Crippen LogP contribution in [-0.4, -0.2) is 53.9 Å². The van der Waals surface area contributed by atoms with Crippen LogP contribution in [0, 0.1) is 0 Å². The Hall–Kier alpha value is -5.00. The molecule has 2 N–H and O–H groups in total. The highest BCUT2D eigenvalue weighted by molar-refractivity contribution is 6.60. The Morgan fingerprint density at radius 3 is 1.76 bits per heavy atom. The van der Waals surface area contributed by atoms with Crippen LogP contribution in [0.25, 0.3) is 21.5 Å². The predicted octanol–water partition coefficient (Wildman–Crippen LogP) is 4.33. The van der Waals surface area contributed by atoms with Gasteiger partial charge in [0.05, 0.1) is 11.7 Å². The number of carbonyl (C=O) groups is 3.